The molecule has 0 aromatic carbocycles. The van der Waals surface area contributed by atoms with Crippen molar-refractivity contribution in [2.24, 2.45) is 0 Å². The molecule has 0 saturated heterocycles. The van der Waals surface area contributed by atoms with E-state index >= 15 is 0 Å². The van der Waals surface area contributed by atoms with Crippen molar-refractivity contribution < 1.29 is 9.32 Å². The minimum Gasteiger partial charge on any atom is -0.361 e. The van der Waals surface area contributed by atoms with E-state index in [1.807, 2.05) is 31.5 Å². The molecule has 1 N–H and O–H groups in total. The fraction of sp³-hybridized carbons (Fsp3) is 0.500. The standard InChI is InChI=1S/C14H20N4O2/c1-10(8-18-7-6-15-9-18)16-14(19)5-4-13-11(2)17-20-12(13)3/h6-7,9-10H,4-5,8H2,1-3H3,(H,16,19)/t10-/m1/s1. The number of imidazole rings is 1. The Labute approximate surface area is 118 Å². The van der Waals surface area contributed by atoms with Crippen molar-refractivity contribution in [3.8, 4) is 0 Å². The zero-order chi connectivity index (χ0) is 14.5. The minimum absolute atomic E-state index is 0.0395. The number of hydrogen-bond donors (Lipinski definition) is 1. The summed E-state index contributed by atoms with van der Waals surface area (Å²) in [4.78, 5) is 15.9. The summed E-state index contributed by atoms with van der Waals surface area (Å²) in [6.07, 6.45) is 6.45. The van der Waals surface area contributed by atoms with Crippen LogP contribution in [0.3, 0.4) is 0 Å². The molecule has 0 fully saturated rings. The molecule has 1 atom stereocenters. The fourth-order valence-electron chi connectivity index (χ4n) is 2.20. The minimum atomic E-state index is 0.0395. The predicted molar refractivity (Wildman–Crippen MR) is 74.1 cm³/mol. The van der Waals surface area contributed by atoms with Crippen LogP contribution < -0.4 is 5.32 Å². The van der Waals surface area contributed by atoms with Gasteiger partial charge in [0.25, 0.3) is 0 Å². The van der Waals surface area contributed by atoms with Gasteiger partial charge >= 0.3 is 0 Å². The van der Waals surface area contributed by atoms with Crippen LogP contribution in [0.2, 0.25) is 0 Å². The van der Waals surface area contributed by atoms with Crippen LogP contribution in [0.5, 0.6) is 0 Å². The van der Waals surface area contributed by atoms with Gasteiger partial charge in [0.15, 0.2) is 0 Å². The first-order valence-corrected chi connectivity index (χ1v) is 6.73. The summed E-state index contributed by atoms with van der Waals surface area (Å²) in [7, 11) is 0. The molecule has 2 aromatic heterocycles. The van der Waals surface area contributed by atoms with Gasteiger partial charge in [-0.1, -0.05) is 5.16 Å². The smallest absolute Gasteiger partial charge is 0.220 e. The molecule has 0 aliphatic heterocycles. The number of hydrogen-bond acceptors (Lipinski definition) is 4. The highest BCUT2D eigenvalue weighted by Crippen LogP contribution is 2.14. The fourth-order valence-corrected chi connectivity index (χ4v) is 2.20. The molecule has 0 aliphatic carbocycles. The molecule has 0 saturated carbocycles. The lowest BCUT2D eigenvalue weighted by atomic mass is 10.1. The summed E-state index contributed by atoms with van der Waals surface area (Å²) < 4.78 is 7.03. The summed E-state index contributed by atoms with van der Waals surface area (Å²) in [5.41, 5.74) is 1.89. The Hall–Kier alpha value is -2.11. The normalized spacial score (nSPS) is 12.3. The third kappa shape index (κ3) is 3.69. The van der Waals surface area contributed by atoms with E-state index in [0.717, 1.165) is 23.6 Å². The van der Waals surface area contributed by atoms with Crippen molar-refractivity contribution in [2.45, 2.75) is 46.2 Å². The lowest BCUT2D eigenvalue weighted by Gasteiger charge is -2.14. The Bertz CT molecular complexity index is 540. The number of rotatable bonds is 6. The molecular formula is C14H20N4O2. The van der Waals surface area contributed by atoms with Gasteiger partial charge in [0, 0.05) is 37.0 Å². The predicted octanol–water partition coefficient (Wildman–Crippen LogP) is 1.63. The maximum absolute atomic E-state index is 11.9. The van der Waals surface area contributed by atoms with Gasteiger partial charge in [-0.3, -0.25) is 4.79 Å². The van der Waals surface area contributed by atoms with Crippen LogP contribution in [0.25, 0.3) is 0 Å². The molecule has 2 heterocycles. The first-order valence-electron chi connectivity index (χ1n) is 6.73. The van der Waals surface area contributed by atoms with Gasteiger partial charge in [0.2, 0.25) is 5.91 Å². The van der Waals surface area contributed by atoms with Crippen LogP contribution in [0.1, 0.15) is 30.4 Å². The molecule has 20 heavy (non-hydrogen) atoms. The molecule has 2 aromatic rings. The topological polar surface area (TPSA) is 73.0 Å². The number of carbonyl (C=O) groups is 1. The van der Waals surface area contributed by atoms with Crippen LogP contribution >= 0.6 is 0 Å². The van der Waals surface area contributed by atoms with E-state index in [9.17, 15) is 4.79 Å². The molecule has 6 nitrogen and oxygen atoms in total. The van der Waals surface area contributed by atoms with Gasteiger partial charge in [-0.2, -0.15) is 0 Å². The van der Waals surface area contributed by atoms with E-state index < -0.39 is 0 Å². The van der Waals surface area contributed by atoms with Gasteiger partial charge < -0.3 is 14.4 Å². The highest BCUT2D eigenvalue weighted by atomic mass is 16.5. The number of aromatic nitrogens is 3. The SMILES string of the molecule is Cc1noc(C)c1CCC(=O)N[C@H](C)Cn1ccnc1. The van der Waals surface area contributed by atoms with Gasteiger partial charge in [-0.25, -0.2) is 4.98 Å². The van der Waals surface area contributed by atoms with E-state index in [2.05, 4.69) is 15.5 Å². The second kappa shape index (κ2) is 6.36. The van der Waals surface area contributed by atoms with E-state index in [-0.39, 0.29) is 11.9 Å². The zero-order valence-corrected chi connectivity index (χ0v) is 12.1. The monoisotopic (exact) mass is 276 g/mol. The van der Waals surface area contributed by atoms with Gasteiger partial charge in [-0.05, 0) is 27.2 Å². The number of amides is 1. The average molecular weight is 276 g/mol. The van der Waals surface area contributed by atoms with Crippen molar-refractivity contribution in [1.82, 2.24) is 20.0 Å². The third-order valence-electron chi connectivity index (χ3n) is 3.23. The van der Waals surface area contributed by atoms with Gasteiger partial charge in [0.05, 0.1) is 12.0 Å². The first-order chi connectivity index (χ1) is 9.56. The van der Waals surface area contributed by atoms with Crippen molar-refractivity contribution in [3.05, 3.63) is 35.7 Å². The van der Waals surface area contributed by atoms with Crippen LogP contribution in [0.4, 0.5) is 0 Å². The average Bonchev–Trinajstić information content (AvgIpc) is 2.98. The molecule has 0 bridgehead atoms. The quantitative estimate of drug-likeness (QED) is 0.870. The summed E-state index contributed by atoms with van der Waals surface area (Å²) in [5.74, 6) is 0.833. The summed E-state index contributed by atoms with van der Waals surface area (Å²) in [5, 5.41) is 6.87. The third-order valence-corrected chi connectivity index (χ3v) is 3.23. The summed E-state index contributed by atoms with van der Waals surface area (Å²) in [6, 6.07) is 0.0707. The lowest BCUT2D eigenvalue weighted by Crippen LogP contribution is -2.35. The second-order valence-corrected chi connectivity index (χ2v) is 5.03. The Balaban J connectivity index is 1.78. The Morgan fingerprint density at radius 2 is 2.30 bits per heavy atom. The van der Waals surface area contributed by atoms with E-state index in [1.54, 1.807) is 12.5 Å². The highest BCUT2D eigenvalue weighted by Gasteiger charge is 2.12. The van der Waals surface area contributed by atoms with Gasteiger partial charge in [0.1, 0.15) is 5.76 Å². The Morgan fingerprint density at radius 1 is 1.50 bits per heavy atom. The Kier molecular flexibility index (Phi) is 4.55. The van der Waals surface area contributed by atoms with Crippen LogP contribution in [0, 0.1) is 13.8 Å². The number of aryl methyl sites for hydroxylation is 2. The zero-order valence-electron chi connectivity index (χ0n) is 12.1. The van der Waals surface area contributed by atoms with Crippen LogP contribution in [0.15, 0.2) is 23.2 Å². The van der Waals surface area contributed by atoms with Crippen molar-refractivity contribution in [2.75, 3.05) is 0 Å². The number of carbonyl (C=O) groups excluding carboxylic acids is 1. The highest BCUT2D eigenvalue weighted by molar-refractivity contribution is 5.76. The second-order valence-electron chi connectivity index (χ2n) is 5.03. The molecule has 6 heteroatoms. The molecular weight excluding hydrogens is 256 g/mol. The summed E-state index contributed by atoms with van der Waals surface area (Å²) >= 11 is 0. The lowest BCUT2D eigenvalue weighted by molar-refractivity contribution is -0.121. The Morgan fingerprint density at radius 3 is 2.90 bits per heavy atom. The molecule has 0 aliphatic rings. The van der Waals surface area contributed by atoms with Gasteiger partial charge in [-0.15, -0.1) is 0 Å². The van der Waals surface area contributed by atoms with Crippen molar-refractivity contribution in [3.63, 3.8) is 0 Å². The molecule has 2 rings (SSSR count). The van der Waals surface area contributed by atoms with Crippen LogP contribution in [-0.4, -0.2) is 26.7 Å². The maximum atomic E-state index is 11.9. The number of nitrogens with one attached hydrogen (secondary N) is 1. The van der Waals surface area contributed by atoms with Crippen molar-refractivity contribution in [1.29, 1.82) is 0 Å². The van der Waals surface area contributed by atoms with Crippen LogP contribution in [-0.2, 0) is 17.8 Å². The molecule has 0 radical (unpaired) electrons. The van der Waals surface area contributed by atoms with Crippen molar-refractivity contribution >= 4 is 5.91 Å². The molecule has 0 spiro atoms. The van der Waals surface area contributed by atoms with E-state index in [1.165, 1.54) is 0 Å². The molecule has 0 unspecified atom stereocenters. The maximum Gasteiger partial charge on any atom is 0.220 e. The summed E-state index contributed by atoms with van der Waals surface area (Å²) in [6.45, 7) is 6.46. The van der Waals surface area contributed by atoms with E-state index in [0.29, 0.717) is 12.8 Å². The largest absolute Gasteiger partial charge is 0.361 e. The first kappa shape index (κ1) is 14.3. The number of nitrogens with zero attached hydrogens (tertiary/aromatic N) is 3. The van der Waals surface area contributed by atoms with E-state index in [4.69, 9.17) is 4.52 Å². The molecule has 108 valence electrons. The molecule has 1 amide bonds.